The van der Waals surface area contributed by atoms with Crippen molar-refractivity contribution in [1.29, 1.82) is 0 Å². The maximum Gasteiger partial charge on any atom is 0.300 e. The van der Waals surface area contributed by atoms with Crippen molar-refractivity contribution in [3.63, 3.8) is 0 Å². The number of ketones is 1. The predicted octanol–water partition coefficient (Wildman–Crippen LogP) is 5.15. The van der Waals surface area contributed by atoms with Gasteiger partial charge in [0.2, 0.25) is 0 Å². The second kappa shape index (κ2) is 9.72. The van der Waals surface area contributed by atoms with Gasteiger partial charge in [0.05, 0.1) is 17.1 Å². The lowest BCUT2D eigenvalue weighted by Crippen LogP contribution is -2.33. The molecule has 2 unspecified atom stereocenters. The van der Waals surface area contributed by atoms with Crippen molar-refractivity contribution in [2.45, 2.75) is 95.0 Å². The van der Waals surface area contributed by atoms with E-state index in [1.54, 1.807) is 36.4 Å². The Morgan fingerprint density at radius 1 is 0.870 bits per heavy atom. The van der Waals surface area contributed by atoms with Crippen LogP contribution in [0.5, 0.6) is 11.5 Å². The van der Waals surface area contributed by atoms with Crippen LogP contribution in [0.2, 0.25) is 0 Å². The summed E-state index contributed by atoms with van der Waals surface area (Å²) in [6.45, 7) is 17.0. The van der Waals surface area contributed by atoms with Crippen molar-refractivity contribution in [1.82, 2.24) is 0 Å². The van der Waals surface area contributed by atoms with Gasteiger partial charge >= 0.3 is 0 Å². The largest absolute Gasteiger partial charge is 0.453 e. The number of nitrogens with one attached hydrogen (secondary N) is 1. The highest BCUT2D eigenvalue weighted by Crippen LogP contribution is 2.52. The van der Waals surface area contributed by atoms with E-state index >= 15 is 0 Å². The number of hydrogen-bond donors (Lipinski definition) is 3. The monoisotopic (exact) mass is 666 g/mol. The fraction of sp³-hybridized carbons (Fsp3) is 0.412. The molecule has 0 amide bonds. The second-order valence-electron chi connectivity index (χ2n) is 14.7. The average Bonchev–Trinajstić information content (AvgIpc) is 3.28. The molecular weight excluding hydrogens is 629 g/mol. The highest BCUT2D eigenvalue weighted by molar-refractivity contribution is 7.86. The minimum Gasteiger partial charge on any atom is -0.453 e. The topological polar surface area (TPSA) is 159 Å². The Kier molecular flexibility index (Phi) is 6.84. The molecule has 6 rings (SSSR count). The van der Waals surface area contributed by atoms with Gasteiger partial charge < -0.3 is 10.1 Å². The summed E-state index contributed by atoms with van der Waals surface area (Å²) in [6, 6.07) is 9.78. The maximum atomic E-state index is 13.2. The van der Waals surface area contributed by atoms with Gasteiger partial charge in [-0.2, -0.15) is 16.8 Å². The number of nitrogens with zero attached hydrogens (tertiary/aromatic N) is 1. The number of benzene rings is 3. The van der Waals surface area contributed by atoms with Crippen LogP contribution in [-0.4, -0.2) is 43.8 Å². The molecule has 244 valence electrons. The molecule has 0 saturated heterocycles. The molecule has 3 heterocycles. The van der Waals surface area contributed by atoms with E-state index in [1.165, 1.54) is 0 Å². The molecular formula is C34H38N2O8S2. The van der Waals surface area contributed by atoms with Crippen molar-refractivity contribution < 1.29 is 35.5 Å². The predicted molar refractivity (Wildman–Crippen MR) is 174 cm³/mol. The maximum absolute atomic E-state index is 13.2. The lowest BCUT2D eigenvalue weighted by atomic mass is 9.78. The van der Waals surface area contributed by atoms with Crippen molar-refractivity contribution >= 4 is 37.3 Å². The molecule has 0 fully saturated rings. The molecule has 0 aliphatic carbocycles. The number of carbonyl (C=O) groups excluding carboxylic acids is 1. The van der Waals surface area contributed by atoms with E-state index in [0.717, 1.165) is 0 Å². The SMILES string of the molecule is CC1N=c2c(cc3c(c2S(=O)(=O)O)Oc2c(cc4c(c2S(=O)(=O)O)NC(C)C4(C)C)C=3c2ccc(C(=O)C(C)(C)C)cc2)C1(C)C. The van der Waals surface area contributed by atoms with Crippen LogP contribution in [0.1, 0.15) is 94.9 Å². The van der Waals surface area contributed by atoms with Crippen molar-refractivity contribution in [2.75, 3.05) is 5.32 Å². The van der Waals surface area contributed by atoms with Gasteiger partial charge in [0.15, 0.2) is 27.1 Å². The van der Waals surface area contributed by atoms with E-state index in [0.29, 0.717) is 38.6 Å². The Balaban J connectivity index is 1.83. The first kappa shape index (κ1) is 32.4. The summed E-state index contributed by atoms with van der Waals surface area (Å²) in [5.74, 6) is -0.664. The van der Waals surface area contributed by atoms with Crippen LogP contribution in [0.3, 0.4) is 0 Å². The fourth-order valence-corrected chi connectivity index (χ4v) is 8.20. The molecule has 12 heteroatoms. The molecule has 0 saturated carbocycles. The first-order chi connectivity index (χ1) is 21.0. The summed E-state index contributed by atoms with van der Waals surface area (Å²) in [5.41, 5.74) is 1.23. The zero-order valence-corrected chi connectivity index (χ0v) is 28.9. The summed E-state index contributed by atoms with van der Waals surface area (Å²) in [4.78, 5) is 16.6. The number of Topliss-reactive ketones (excluding diaryl/α,β-unsaturated/α-hetero) is 1. The highest BCUT2D eigenvalue weighted by atomic mass is 32.2. The minimum absolute atomic E-state index is 0.0371. The number of fused-ring (bicyclic) bond motifs is 4. The number of hydrogen-bond acceptors (Lipinski definition) is 8. The minimum atomic E-state index is -4.98. The summed E-state index contributed by atoms with van der Waals surface area (Å²) in [5, 5.41) is 3.51. The molecule has 3 aliphatic heterocycles. The van der Waals surface area contributed by atoms with Gasteiger partial charge in [-0.15, -0.1) is 0 Å². The third kappa shape index (κ3) is 4.63. The Morgan fingerprint density at radius 2 is 1.46 bits per heavy atom. The van der Waals surface area contributed by atoms with Gasteiger partial charge in [0, 0.05) is 44.2 Å². The van der Waals surface area contributed by atoms with Crippen LogP contribution in [-0.2, 0) is 31.1 Å². The Hall–Kier alpha value is -3.58. The normalized spacial score (nSPS) is 20.9. The lowest BCUT2D eigenvalue weighted by Gasteiger charge is -2.29. The number of rotatable bonds is 4. The molecule has 0 bridgehead atoms. The standard InChI is InChI=1S/C34H38N2O8S2/c1-16-33(6,7)22-14-20-24(18-10-12-19(13-11-18)31(37)32(3,4)5)21-15-23-26(36-17(2)34(23,8)9)30(46(41,42)43)28(21)44-27(20)29(25(22)35-16)45(38,39)40/h10-17,35H,1-9H3,(H,38,39,40)(H,41,42,43). The molecule has 0 aromatic heterocycles. The summed E-state index contributed by atoms with van der Waals surface area (Å²) < 4.78 is 80.1. The zero-order valence-electron chi connectivity index (χ0n) is 27.2. The van der Waals surface area contributed by atoms with Crippen LogP contribution in [0, 0.1) is 5.41 Å². The van der Waals surface area contributed by atoms with Gasteiger partial charge in [-0.05, 0) is 42.7 Å². The van der Waals surface area contributed by atoms with Crippen LogP contribution >= 0.6 is 0 Å². The van der Waals surface area contributed by atoms with Crippen molar-refractivity contribution in [3.05, 3.63) is 74.8 Å². The van der Waals surface area contributed by atoms with Gasteiger partial charge in [-0.25, -0.2) is 0 Å². The Bertz CT molecular complexity index is 2230. The van der Waals surface area contributed by atoms with Crippen molar-refractivity contribution in [2.24, 2.45) is 10.4 Å². The molecule has 3 aliphatic rings. The smallest absolute Gasteiger partial charge is 0.300 e. The van der Waals surface area contributed by atoms with Crippen LogP contribution in [0.15, 0.2) is 51.2 Å². The van der Waals surface area contributed by atoms with Gasteiger partial charge in [0.25, 0.3) is 20.2 Å². The lowest BCUT2D eigenvalue weighted by molar-refractivity contribution is 0.0858. The molecule has 46 heavy (non-hydrogen) atoms. The van der Waals surface area contributed by atoms with E-state index in [4.69, 9.17) is 4.74 Å². The van der Waals surface area contributed by atoms with E-state index in [9.17, 15) is 30.7 Å². The van der Waals surface area contributed by atoms with E-state index in [2.05, 4.69) is 10.3 Å². The first-order valence-electron chi connectivity index (χ1n) is 15.0. The molecule has 0 radical (unpaired) electrons. The van der Waals surface area contributed by atoms with Gasteiger partial charge in [-0.1, -0.05) is 72.7 Å². The quantitative estimate of drug-likeness (QED) is 0.198. The molecule has 0 spiro atoms. The van der Waals surface area contributed by atoms with Crippen LogP contribution in [0.4, 0.5) is 5.69 Å². The summed E-state index contributed by atoms with van der Waals surface area (Å²) in [6.07, 6.45) is 0. The Morgan fingerprint density at radius 3 is 2.00 bits per heavy atom. The number of ether oxygens (including phenoxy) is 1. The highest BCUT2D eigenvalue weighted by Gasteiger charge is 2.45. The second-order valence-corrected chi connectivity index (χ2v) is 17.4. The summed E-state index contributed by atoms with van der Waals surface area (Å²) >= 11 is 0. The molecule has 2 atom stereocenters. The Labute approximate surface area is 269 Å². The third-order valence-corrected chi connectivity index (χ3v) is 11.8. The van der Waals surface area contributed by atoms with E-state index in [-0.39, 0.29) is 40.4 Å². The van der Waals surface area contributed by atoms with Crippen LogP contribution < -0.4 is 20.6 Å². The third-order valence-electron chi connectivity index (χ3n) is 10.0. The molecule has 3 aromatic carbocycles. The van der Waals surface area contributed by atoms with Gasteiger partial charge in [-0.3, -0.25) is 18.9 Å². The molecule has 3 aromatic rings. The summed E-state index contributed by atoms with van der Waals surface area (Å²) in [7, 11) is -9.93. The van der Waals surface area contributed by atoms with Gasteiger partial charge in [0.1, 0.15) is 0 Å². The first-order valence-corrected chi connectivity index (χ1v) is 17.9. The number of anilines is 1. The molecule has 3 N–H and O–H groups in total. The zero-order chi connectivity index (χ0) is 34.1. The van der Waals surface area contributed by atoms with Crippen molar-refractivity contribution in [3.8, 4) is 11.5 Å². The molecule has 10 nitrogen and oxygen atoms in total. The van der Waals surface area contributed by atoms with Crippen LogP contribution in [0.25, 0.3) is 5.57 Å². The van der Waals surface area contributed by atoms with E-state index in [1.807, 2.05) is 62.3 Å². The average molecular weight is 667 g/mol. The van der Waals surface area contributed by atoms with E-state index < -0.39 is 46.3 Å². The number of carbonyl (C=O) groups is 1. The fourth-order valence-electron chi connectivity index (χ4n) is 6.59.